The zero-order valence-electron chi connectivity index (χ0n) is 17.5. The van der Waals surface area contributed by atoms with Gasteiger partial charge in [-0.05, 0) is 46.6 Å². The first-order valence-corrected chi connectivity index (χ1v) is 10.6. The first kappa shape index (κ1) is 28.1. The number of nitrogens with one attached hydrogen (secondary N) is 1. The molecule has 1 rings (SSSR count). The third-order valence-electron chi connectivity index (χ3n) is 4.52. The molecule has 0 aliphatic carbocycles. The predicted octanol–water partition coefficient (Wildman–Crippen LogP) is 3.87. The zero-order valence-corrected chi connectivity index (χ0v) is 19.3. The smallest absolute Gasteiger partial charge is 0.408 e. The number of rotatable bonds is 7. The van der Waals surface area contributed by atoms with Crippen molar-refractivity contribution in [1.29, 1.82) is 5.26 Å². The van der Waals surface area contributed by atoms with Crippen LogP contribution in [-0.2, 0) is 20.1 Å². The van der Waals surface area contributed by atoms with Gasteiger partial charge < -0.3 is 10.1 Å². The Bertz CT molecular complexity index is 913. The Morgan fingerprint density at radius 1 is 1.20 bits per heavy atom. The highest BCUT2D eigenvalue weighted by molar-refractivity contribution is 7.92. The van der Waals surface area contributed by atoms with E-state index in [9.17, 15) is 31.6 Å². The van der Waals surface area contributed by atoms with Gasteiger partial charge in [-0.25, -0.2) is 26.4 Å². The highest BCUT2D eigenvalue weighted by Gasteiger charge is 2.44. The molecule has 1 unspecified atom stereocenters. The van der Waals surface area contributed by atoms with Gasteiger partial charge in [-0.2, -0.15) is 18.8 Å². The Kier molecular flexibility index (Phi) is 9.28. The molecule has 1 aromatic carbocycles. The number of carbonyl (C=O) groups excluding carboxylic acids is 1. The van der Waals surface area contributed by atoms with Gasteiger partial charge in [-0.3, -0.25) is 0 Å². The van der Waals surface area contributed by atoms with Crippen molar-refractivity contribution in [3.63, 3.8) is 0 Å². The number of hydrogen-bond acceptors (Lipinski definition) is 5. The van der Waals surface area contributed by atoms with Crippen LogP contribution in [-0.4, -0.2) is 37.8 Å². The number of amides is 1. The van der Waals surface area contributed by atoms with Crippen LogP contribution in [0.25, 0.3) is 0 Å². The van der Waals surface area contributed by atoms with Crippen LogP contribution in [0.5, 0.6) is 0 Å². The van der Waals surface area contributed by atoms with Crippen molar-refractivity contribution < 1.29 is 31.1 Å². The van der Waals surface area contributed by atoms with Crippen LogP contribution in [0.2, 0.25) is 0 Å². The molecule has 0 radical (unpaired) electrons. The molecule has 0 aliphatic rings. The number of nitriles is 1. The quantitative estimate of drug-likeness (QED) is 0.655. The molecule has 11 heteroatoms. The van der Waals surface area contributed by atoms with Crippen molar-refractivity contribution in [2.45, 2.75) is 56.4 Å². The Morgan fingerprint density at radius 3 is 2.20 bits per heavy atom. The molecule has 0 spiro atoms. The lowest BCUT2D eigenvalue weighted by atomic mass is 9.83. The SMILES string of the molecule is CC(C)(C)OC(=O)N[C@@](CF)(CCC(C)(C#N)S(C)(=O)=O)c1cccc(F)c1F.S. The van der Waals surface area contributed by atoms with Crippen molar-refractivity contribution in [1.82, 2.24) is 5.32 Å². The van der Waals surface area contributed by atoms with Gasteiger partial charge in [-0.1, -0.05) is 12.1 Å². The molecular formula is C19H27F3N2O4S2. The second-order valence-electron chi connectivity index (χ2n) is 8.06. The molecule has 170 valence electrons. The van der Waals surface area contributed by atoms with Crippen molar-refractivity contribution in [3.8, 4) is 6.07 Å². The molecule has 1 N–H and O–H groups in total. The molecule has 30 heavy (non-hydrogen) atoms. The minimum atomic E-state index is -3.90. The summed E-state index contributed by atoms with van der Waals surface area (Å²) >= 11 is 0. The number of ether oxygens (including phenoxy) is 1. The summed E-state index contributed by atoms with van der Waals surface area (Å²) in [5.74, 6) is -2.66. The summed E-state index contributed by atoms with van der Waals surface area (Å²) in [5, 5.41) is 11.5. The van der Waals surface area contributed by atoms with Crippen LogP contribution in [0.4, 0.5) is 18.0 Å². The molecule has 1 amide bonds. The molecule has 0 bridgehead atoms. The monoisotopic (exact) mass is 468 g/mol. The van der Waals surface area contributed by atoms with Gasteiger partial charge >= 0.3 is 6.09 Å². The second kappa shape index (κ2) is 9.92. The van der Waals surface area contributed by atoms with Crippen LogP contribution in [0.3, 0.4) is 0 Å². The zero-order chi connectivity index (χ0) is 22.7. The number of halogens is 3. The Morgan fingerprint density at radius 2 is 1.77 bits per heavy atom. The van der Waals surface area contributed by atoms with E-state index in [0.717, 1.165) is 31.4 Å². The maximum Gasteiger partial charge on any atom is 0.408 e. The summed E-state index contributed by atoms with van der Waals surface area (Å²) in [4.78, 5) is 12.3. The maximum absolute atomic E-state index is 14.5. The van der Waals surface area contributed by atoms with Crippen molar-refractivity contribution in [2.24, 2.45) is 0 Å². The first-order chi connectivity index (χ1) is 13.1. The number of hydrogen-bond donors (Lipinski definition) is 1. The fourth-order valence-electron chi connectivity index (χ4n) is 2.59. The van der Waals surface area contributed by atoms with E-state index in [1.807, 2.05) is 0 Å². The third-order valence-corrected chi connectivity index (χ3v) is 6.45. The van der Waals surface area contributed by atoms with E-state index < -0.39 is 68.5 Å². The van der Waals surface area contributed by atoms with Gasteiger partial charge in [0.2, 0.25) is 0 Å². The minimum absolute atomic E-state index is 0. The number of nitrogens with zero attached hydrogens (tertiary/aromatic N) is 1. The van der Waals surface area contributed by atoms with Gasteiger partial charge in [0.1, 0.15) is 12.3 Å². The highest BCUT2D eigenvalue weighted by atomic mass is 32.2. The predicted molar refractivity (Wildman–Crippen MR) is 112 cm³/mol. The van der Waals surface area contributed by atoms with Gasteiger partial charge in [0.05, 0.1) is 11.6 Å². The molecular weight excluding hydrogens is 441 g/mol. The topological polar surface area (TPSA) is 96.3 Å². The molecule has 2 atom stereocenters. The molecule has 0 saturated carbocycles. The standard InChI is InChI=1S/C19H25F3N2O4S.H2S/c1-17(2,3)28-16(25)24-19(11-20,13-7-6-8-14(21)15(13)22)10-9-18(4,12-23)29(5,26)27;/h6-8H,9-11H2,1-5H3,(H,24,25);1H2/t18?,19-;/m1./s1. The number of benzene rings is 1. The number of alkyl carbamates (subject to hydrolysis) is 1. The average Bonchev–Trinajstić information content (AvgIpc) is 2.58. The Hall–Kier alpha value is -1.93. The molecule has 0 aromatic heterocycles. The second-order valence-corrected chi connectivity index (χ2v) is 10.5. The van der Waals surface area contributed by atoms with Gasteiger partial charge in [0, 0.05) is 11.8 Å². The fourth-order valence-corrected chi connectivity index (χ4v) is 3.22. The van der Waals surface area contributed by atoms with Crippen molar-refractivity contribution in [2.75, 3.05) is 12.9 Å². The summed E-state index contributed by atoms with van der Waals surface area (Å²) in [5.41, 5.74) is -3.61. The maximum atomic E-state index is 14.5. The van der Waals surface area contributed by atoms with E-state index in [0.29, 0.717) is 0 Å². The fraction of sp³-hybridized carbons (Fsp3) is 0.579. The molecule has 0 saturated heterocycles. The number of sulfone groups is 1. The molecule has 0 aliphatic heterocycles. The largest absolute Gasteiger partial charge is 0.444 e. The Labute approximate surface area is 182 Å². The van der Waals surface area contributed by atoms with E-state index in [2.05, 4.69) is 5.32 Å². The number of alkyl halides is 1. The van der Waals surface area contributed by atoms with E-state index in [-0.39, 0.29) is 13.5 Å². The first-order valence-electron chi connectivity index (χ1n) is 8.73. The number of carbonyl (C=O) groups is 1. The minimum Gasteiger partial charge on any atom is -0.444 e. The lowest BCUT2D eigenvalue weighted by Crippen LogP contribution is -2.51. The molecule has 0 heterocycles. The van der Waals surface area contributed by atoms with Crippen LogP contribution in [0.1, 0.15) is 46.1 Å². The summed E-state index contributed by atoms with van der Waals surface area (Å²) in [6, 6.07) is 4.70. The van der Waals surface area contributed by atoms with E-state index in [4.69, 9.17) is 4.74 Å². The third kappa shape index (κ3) is 6.54. The van der Waals surface area contributed by atoms with Crippen molar-refractivity contribution in [3.05, 3.63) is 35.4 Å². The highest BCUT2D eigenvalue weighted by Crippen LogP contribution is 2.35. The van der Waals surface area contributed by atoms with E-state index in [1.54, 1.807) is 26.8 Å². The summed E-state index contributed by atoms with van der Waals surface area (Å²) in [7, 11) is -3.90. The van der Waals surface area contributed by atoms with Gasteiger partial charge in [-0.15, -0.1) is 0 Å². The van der Waals surface area contributed by atoms with Crippen LogP contribution >= 0.6 is 13.5 Å². The van der Waals surface area contributed by atoms with Gasteiger partial charge in [0.25, 0.3) is 0 Å². The van der Waals surface area contributed by atoms with Crippen LogP contribution in [0.15, 0.2) is 18.2 Å². The lowest BCUT2D eigenvalue weighted by molar-refractivity contribution is 0.0415. The summed E-state index contributed by atoms with van der Waals surface area (Å²) in [6.07, 6.45) is -1.20. The summed E-state index contributed by atoms with van der Waals surface area (Å²) < 4.78 is 69.7. The molecule has 0 fully saturated rings. The lowest BCUT2D eigenvalue weighted by Gasteiger charge is -2.35. The Balaban J connectivity index is 0.00000841. The van der Waals surface area contributed by atoms with Crippen LogP contribution in [0, 0.1) is 23.0 Å². The van der Waals surface area contributed by atoms with E-state index in [1.165, 1.54) is 0 Å². The normalized spacial score (nSPS) is 15.7. The average molecular weight is 469 g/mol. The summed E-state index contributed by atoms with van der Waals surface area (Å²) in [6.45, 7) is 4.42. The van der Waals surface area contributed by atoms with Crippen LogP contribution < -0.4 is 5.32 Å². The van der Waals surface area contributed by atoms with Gasteiger partial charge in [0.15, 0.2) is 26.2 Å². The van der Waals surface area contributed by atoms with E-state index >= 15 is 0 Å². The molecule has 6 nitrogen and oxygen atoms in total. The molecule has 1 aromatic rings. The van der Waals surface area contributed by atoms with Crippen molar-refractivity contribution >= 4 is 29.4 Å².